The molecule has 0 aromatic heterocycles. The van der Waals surface area contributed by atoms with E-state index in [0.29, 0.717) is 0 Å². The summed E-state index contributed by atoms with van der Waals surface area (Å²) in [5, 5.41) is 0. The van der Waals surface area contributed by atoms with Crippen LogP contribution in [0, 0.1) is 0 Å². The van der Waals surface area contributed by atoms with E-state index in [-0.39, 0.29) is 0 Å². The van der Waals surface area contributed by atoms with Gasteiger partial charge in [0.25, 0.3) is 0 Å². The Balaban J connectivity index is 3.76. The van der Waals surface area contributed by atoms with Crippen LogP contribution in [0.5, 0.6) is 0 Å². The van der Waals surface area contributed by atoms with Crippen molar-refractivity contribution in [2.24, 2.45) is 11.5 Å². The number of rotatable bonds is 6. The van der Waals surface area contributed by atoms with Crippen LogP contribution in [0.25, 0.3) is 0 Å². The molecule has 0 spiro atoms. The zero-order valence-corrected chi connectivity index (χ0v) is 7.32. The van der Waals surface area contributed by atoms with E-state index in [0.717, 1.165) is 19.6 Å². The highest BCUT2D eigenvalue weighted by atomic mass is 15.1. The third-order valence-electron chi connectivity index (χ3n) is 1.39. The monoisotopic (exact) mass is 167 g/mol. The Bertz CT molecular complexity index is 147. The molecule has 12 heavy (non-hydrogen) atoms. The number of nitrogens with two attached hydrogens (primary N) is 2. The van der Waals surface area contributed by atoms with Crippen molar-refractivity contribution in [1.29, 1.82) is 0 Å². The Labute approximate surface area is 74.0 Å². The lowest BCUT2D eigenvalue weighted by Gasteiger charge is -2.15. The molecule has 0 saturated heterocycles. The van der Waals surface area contributed by atoms with Crippen LogP contribution >= 0.6 is 0 Å². The van der Waals surface area contributed by atoms with Gasteiger partial charge in [0.15, 0.2) is 0 Å². The molecule has 0 radical (unpaired) electrons. The van der Waals surface area contributed by atoms with Gasteiger partial charge in [-0.2, -0.15) is 0 Å². The molecule has 0 aromatic carbocycles. The van der Waals surface area contributed by atoms with Gasteiger partial charge in [0, 0.05) is 19.6 Å². The van der Waals surface area contributed by atoms with Crippen molar-refractivity contribution in [2.75, 3.05) is 19.6 Å². The highest BCUT2D eigenvalue weighted by molar-refractivity contribution is 4.88. The van der Waals surface area contributed by atoms with Gasteiger partial charge in [-0.25, -0.2) is 0 Å². The molecule has 0 aliphatic rings. The number of hydrogen-bond donors (Lipinski definition) is 2. The van der Waals surface area contributed by atoms with Crippen LogP contribution in [0.15, 0.2) is 37.2 Å². The molecule has 3 heteroatoms. The molecular weight excluding hydrogens is 150 g/mol. The van der Waals surface area contributed by atoms with Crippen LogP contribution in [0.4, 0.5) is 0 Å². The fourth-order valence-corrected chi connectivity index (χ4v) is 0.826. The van der Waals surface area contributed by atoms with Crippen molar-refractivity contribution in [2.45, 2.75) is 0 Å². The minimum absolute atomic E-state index is 0.826. The van der Waals surface area contributed by atoms with Crippen molar-refractivity contribution in [3.63, 3.8) is 0 Å². The van der Waals surface area contributed by atoms with Crippen molar-refractivity contribution < 1.29 is 0 Å². The second kappa shape index (κ2) is 7.88. The molecule has 0 bridgehead atoms. The molecule has 3 nitrogen and oxygen atoms in total. The van der Waals surface area contributed by atoms with Gasteiger partial charge in [-0.3, -0.25) is 4.90 Å². The van der Waals surface area contributed by atoms with Crippen LogP contribution in [0.1, 0.15) is 0 Å². The molecule has 0 aliphatic heterocycles. The molecular formula is C9H17N3. The quantitative estimate of drug-likeness (QED) is 0.564. The van der Waals surface area contributed by atoms with E-state index in [2.05, 4.69) is 11.5 Å². The maximum Gasteiger partial charge on any atom is 0.0186 e. The Hall–Kier alpha value is -1.22. The largest absolute Gasteiger partial charge is 0.405 e. The summed E-state index contributed by atoms with van der Waals surface area (Å²) in [5.41, 5.74) is 10.5. The van der Waals surface area contributed by atoms with E-state index >= 15 is 0 Å². The smallest absolute Gasteiger partial charge is 0.0186 e. The average Bonchev–Trinajstić information content (AvgIpc) is 2.10. The zero-order chi connectivity index (χ0) is 9.23. The first-order valence-electron chi connectivity index (χ1n) is 3.92. The molecule has 0 unspecified atom stereocenters. The Kier molecular flexibility index (Phi) is 7.08. The van der Waals surface area contributed by atoms with Gasteiger partial charge < -0.3 is 11.5 Å². The number of hydrogen-bond acceptors (Lipinski definition) is 3. The van der Waals surface area contributed by atoms with Crippen LogP contribution in [-0.2, 0) is 0 Å². The predicted molar refractivity (Wildman–Crippen MR) is 53.3 cm³/mol. The molecule has 0 fully saturated rings. The van der Waals surface area contributed by atoms with Crippen molar-refractivity contribution in [3.05, 3.63) is 37.2 Å². The van der Waals surface area contributed by atoms with E-state index in [9.17, 15) is 0 Å². The summed E-state index contributed by atoms with van der Waals surface area (Å²) in [4.78, 5) is 2.15. The van der Waals surface area contributed by atoms with Gasteiger partial charge in [-0.05, 0) is 12.4 Å². The molecule has 68 valence electrons. The van der Waals surface area contributed by atoms with Gasteiger partial charge in [-0.1, -0.05) is 18.2 Å². The first-order valence-corrected chi connectivity index (χ1v) is 3.92. The average molecular weight is 167 g/mol. The first-order chi connectivity index (χ1) is 5.85. The second-order valence-corrected chi connectivity index (χ2v) is 2.36. The molecule has 0 rings (SSSR count). The molecule has 0 heterocycles. The Morgan fingerprint density at radius 1 is 1.00 bits per heavy atom. The zero-order valence-electron chi connectivity index (χ0n) is 7.32. The van der Waals surface area contributed by atoms with Gasteiger partial charge in [0.1, 0.15) is 0 Å². The standard InChI is InChI=1S/C9H17N3/c1-2-7-12(8-3-5-10)9-4-6-11/h2-6H,1,7-11H2. The SMILES string of the molecule is C=CCN(CC=CN)CC=CN. The minimum atomic E-state index is 0.826. The first kappa shape index (κ1) is 10.8. The molecule has 0 saturated carbocycles. The van der Waals surface area contributed by atoms with Gasteiger partial charge in [0.2, 0.25) is 0 Å². The normalized spacial score (nSPS) is 11.8. The van der Waals surface area contributed by atoms with Gasteiger partial charge in [0.05, 0.1) is 0 Å². The van der Waals surface area contributed by atoms with Crippen molar-refractivity contribution in [1.82, 2.24) is 4.90 Å². The summed E-state index contributed by atoms with van der Waals surface area (Å²) in [5.74, 6) is 0. The molecule has 0 amide bonds. The Morgan fingerprint density at radius 2 is 1.50 bits per heavy atom. The van der Waals surface area contributed by atoms with E-state index in [4.69, 9.17) is 11.5 Å². The summed E-state index contributed by atoms with van der Waals surface area (Å²) in [6.07, 6.45) is 8.74. The number of nitrogens with zero attached hydrogens (tertiary/aromatic N) is 1. The summed E-state index contributed by atoms with van der Waals surface area (Å²) in [7, 11) is 0. The summed E-state index contributed by atoms with van der Waals surface area (Å²) < 4.78 is 0. The van der Waals surface area contributed by atoms with Crippen molar-refractivity contribution in [3.8, 4) is 0 Å². The minimum Gasteiger partial charge on any atom is -0.405 e. The summed E-state index contributed by atoms with van der Waals surface area (Å²) >= 11 is 0. The van der Waals surface area contributed by atoms with E-state index < -0.39 is 0 Å². The highest BCUT2D eigenvalue weighted by Gasteiger charge is 1.95. The lowest BCUT2D eigenvalue weighted by Crippen LogP contribution is -2.24. The second-order valence-electron chi connectivity index (χ2n) is 2.36. The summed E-state index contributed by atoms with van der Waals surface area (Å²) in [6.45, 7) is 6.16. The van der Waals surface area contributed by atoms with E-state index in [1.54, 1.807) is 12.4 Å². The van der Waals surface area contributed by atoms with Crippen LogP contribution in [0.2, 0.25) is 0 Å². The third kappa shape index (κ3) is 5.56. The van der Waals surface area contributed by atoms with Gasteiger partial charge >= 0.3 is 0 Å². The van der Waals surface area contributed by atoms with E-state index in [1.165, 1.54) is 0 Å². The molecule has 0 atom stereocenters. The van der Waals surface area contributed by atoms with Crippen LogP contribution in [0.3, 0.4) is 0 Å². The van der Waals surface area contributed by atoms with Crippen LogP contribution < -0.4 is 11.5 Å². The molecule has 4 N–H and O–H groups in total. The topological polar surface area (TPSA) is 55.3 Å². The van der Waals surface area contributed by atoms with Crippen molar-refractivity contribution >= 4 is 0 Å². The molecule has 0 aliphatic carbocycles. The van der Waals surface area contributed by atoms with Crippen LogP contribution in [-0.4, -0.2) is 24.5 Å². The third-order valence-corrected chi connectivity index (χ3v) is 1.39. The Morgan fingerprint density at radius 3 is 1.83 bits per heavy atom. The fraction of sp³-hybridized carbons (Fsp3) is 0.333. The fourth-order valence-electron chi connectivity index (χ4n) is 0.826. The van der Waals surface area contributed by atoms with Gasteiger partial charge in [-0.15, -0.1) is 6.58 Å². The van der Waals surface area contributed by atoms with E-state index in [1.807, 2.05) is 18.2 Å². The highest BCUT2D eigenvalue weighted by Crippen LogP contribution is 1.89. The predicted octanol–water partition coefficient (Wildman–Crippen LogP) is 0.419. The maximum atomic E-state index is 5.23. The lowest BCUT2D eigenvalue weighted by atomic mass is 10.4. The lowest BCUT2D eigenvalue weighted by molar-refractivity contribution is 0.372. The maximum absolute atomic E-state index is 5.23. The molecule has 0 aromatic rings. The summed E-state index contributed by atoms with van der Waals surface area (Å²) in [6, 6.07) is 0.